The van der Waals surface area contributed by atoms with E-state index in [1.165, 1.54) is 0 Å². The zero-order chi connectivity index (χ0) is 13.1. The van der Waals surface area contributed by atoms with Gasteiger partial charge in [0.15, 0.2) is 0 Å². The van der Waals surface area contributed by atoms with Gasteiger partial charge in [-0.1, -0.05) is 37.3 Å². The van der Waals surface area contributed by atoms with E-state index in [9.17, 15) is 10.2 Å². The van der Waals surface area contributed by atoms with E-state index in [2.05, 4.69) is 0 Å². The van der Waals surface area contributed by atoms with Crippen LogP contribution in [0.3, 0.4) is 0 Å². The number of hydrogen-bond donors (Lipinski definition) is 3. The quantitative estimate of drug-likeness (QED) is 0.777. The van der Waals surface area contributed by atoms with Crippen LogP contribution in [0.2, 0.25) is 0 Å². The maximum atomic E-state index is 10.3. The molecule has 0 aromatic heterocycles. The third kappa shape index (κ3) is 2.33. The smallest absolute Gasteiger partial charge is 0.123 e. The normalized spacial score (nSPS) is 14.6. The van der Waals surface area contributed by atoms with Crippen molar-refractivity contribution >= 4 is 10.8 Å². The average Bonchev–Trinajstić information content (AvgIpc) is 2.39. The van der Waals surface area contributed by atoms with Gasteiger partial charge in [0.25, 0.3) is 0 Å². The molecule has 18 heavy (non-hydrogen) atoms. The molecule has 3 nitrogen and oxygen atoms in total. The molecule has 3 heteroatoms. The van der Waals surface area contributed by atoms with Gasteiger partial charge in [-0.15, -0.1) is 0 Å². The highest BCUT2D eigenvalue weighted by molar-refractivity contribution is 5.91. The second-order valence-electron chi connectivity index (χ2n) is 4.65. The molecular formula is C15H18O3. The maximum absolute atomic E-state index is 10.3. The Morgan fingerprint density at radius 2 is 1.72 bits per heavy atom. The molecule has 0 aliphatic carbocycles. The number of aliphatic hydroxyl groups is 2. The summed E-state index contributed by atoms with van der Waals surface area (Å²) in [6, 6.07) is 10.8. The van der Waals surface area contributed by atoms with Gasteiger partial charge >= 0.3 is 0 Å². The van der Waals surface area contributed by atoms with Gasteiger partial charge in [-0.2, -0.15) is 0 Å². The summed E-state index contributed by atoms with van der Waals surface area (Å²) in [7, 11) is 0. The van der Waals surface area contributed by atoms with Crippen molar-refractivity contribution in [2.24, 2.45) is 5.92 Å². The zero-order valence-corrected chi connectivity index (χ0v) is 10.4. The molecule has 2 aromatic rings. The topological polar surface area (TPSA) is 60.7 Å². The number of fused-ring (bicyclic) bond motifs is 1. The van der Waals surface area contributed by atoms with Gasteiger partial charge in [0.2, 0.25) is 0 Å². The lowest BCUT2D eigenvalue weighted by Crippen LogP contribution is -2.11. The Labute approximate surface area is 106 Å². The molecule has 2 rings (SSSR count). The van der Waals surface area contributed by atoms with Crippen LogP contribution in [0.1, 0.15) is 25.0 Å². The molecule has 2 aromatic carbocycles. The van der Waals surface area contributed by atoms with E-state index in [1.54, 1.807) is 12.1 Å². The minimum Gasteiger partial charge on any atom is -0.507 e. The molecule has 0 aliphatic rings. The largest absolute Gasteiger partial charge is 0.507 e. The first-order chi connectivity index (χ1) is 8.65. The fourth-order valence-electron chi connectivity index (χ4n) is 2.23. The molecule has 0 amide bonds. The van der Waals surface area contributed by atoms with Crippen molar-refractivity contribution in [2.75, 3.05) is 6.61 Å². The highest BCUT2D eigenvalue weighted by Crippen LogP contribution is 2.34. The highest BCUT2D eigenvalue weighted by Gasteiger charge is 2.18. The molecule has 3 N–H and O–H groups in total. The van der Waals surface area contributed by atoms with Crippen LogP contribution in [0.15, 0.2) is 36.4 Å². The fraction of sp³-hybridized carbons (Fsp3) is 0.333. The van der Waals surface area contributed by atoms with Crippen LogP contribution in [0.5, 0.6) is 5.75 Å². The Morgan fingerprint density at radius 1 is 1.06 bits per heavy atom. The lowest BCUT2D eigenvalue weighted by Gasteiger charge is -2.20. The molecule has 0 saturated heterocycles. The minimum atomic E-state index is -0.636. The lowest BCUT2D eigenvalue weighted by atomic mass is 9.91. The van der Waals surface area contributed by atoms with Crippen LogP contribution in [0.4, 0.5) is 0 Å². The van der Waals surface area contributed by atoms with Crippen LogP contribution in [0, 0.1) is 5.92 Å². The van der Waals surface area contributed by atoms with Gasteiger partial charge in [0.1, 0.15) is 5.75 Å². The number of rotatable bonds is 4. The summed E-state index contributed by atoms with van der Waals surface area (Å²) in [5.41, 5.74) is 0.796. The first-order valence-electron chi connectivity index (χ1n) is 6.14. The summed E-state index contributed by atoms with van der Waals surface area (Å²) >= 11 is 0. The summed E-state index contributed by atoms with van der Waals surface area (Å²) in [5, 5.41) is 30.7. The molecule has 0 spiro atoms. The van der Waals surface area contributed by atoms with Crippen LogP contribution < -0.4 is 0 Å². The van der Waals surface area contributed by atoms with Crippen LogP contribution in [0.25, 0.3) is 10.8 Å². The second kappa shape index (κ2) is 5.38. The van der Waals surface area contributed by atoms with E-state index in [0.717, 1.165) is 16.3 Å². The van der Waals surface area contributed by atoms with E-state index in [0.29, 0.717) is 6.42 Å². The van der Waals surface area contributed by atoms with Crippen molar-refractivity contribution in [3.05, 3.63) is 42.0 Å². The van der Waals surface area contributed by atoms with Crippen molar-refractivity contribution in [3.8, 4) is 5.75 Å². The Morgan fingerprint density at radius 3 is 2.39 bits per heavy atom. The van der Waals surface area contributed by atoms with Crippen LogP contribution in [-0.2, 0) is 0 Å². The van der Waals surface area contributed by atoms with Crippen LogP contribution in [-0.4, -0.2) is 21.9 Å². The molecule has 2 atom stereocenters. The number of hydrogen-bond acceptors (Lipinski definition) is 3. The van der Waals surface area contributed by atoms with Crippen molar-refractivity contribution in [3.63, 3.8) is 0 Å². The standard InChI is InChI=1S/C15H18O3/c1-10(8-9-16)15(18)13-6-7-14(17)12-5-3-2-4-11(12)13/h2-7,10,15-18H,8-9H2,1H3/t10-,15-/m1/s1. The molecule has 0 bridgehead atoms. The second-order valence-corrected chi connectivity index (χ2v) is 4.65. The molecule has 0 heterocycles. The number of phenolic OH excluding ortho intramolecular Hbond substituents is 1. The molecular weight excluding hydrogens is 228 g/mol. The van der Waals surface area contributed by atoms with Gasteiger partial charge < -0.3 is 15.3 Å². The molecule has 0 fully saturated rings. The van der Waals surface area contributed by atoms with E-state index in [1.807, 2.05) is 31.2 Å². The number of phenols is 1. The SMILES string of the molecule is C[C@H](CCO)[C@@H](O)c1ccc(O)c2ccccc12. The Kier molecular flexibility index (Phi) is 3.84. The molecule has 0 unspecified atom stereocenters. The fourth-order valence-corrected chi connectivity index (χ4v) is 2.23. The van der Waals surface area contributed by atoms with Crippen molar-refractivity contribution in [1.82, 2.24) is 0 Å². The zero-order valence-electron chi connectivity index (χ0n) is 10.4. The molecule has 0 aliphatic heterocycles. The van der Waals surface area contributed by atoms with E-state index >= 15 is 0 Å². The van der Waals surface area contributed by atoms with Crippen molar-refractivity contribution < 1.29 is 15.3 Å². The average molecular weight is 246 g/mol. The summed E-state index contributed by atoms with van der Waals surface area (Å²) in [6.07, 6.45) is -0.0845. The monoisotopic (exact) mass is 246 g/mol. The van der Waals surface area contributed by atoms with Crippen molar-refractivity contribution in [2.45, 2.75) is 19.4 Å². The molecule has 0 radical (unpaired) electrons. The Bertz CT molecular complexity index is 536. The predicted octanol–water partition coefficient (Wildman–Crippen LogP) is 2.60. The van der Waals surface area contributed by atoms with E-state index < -0.39 is 6.10 Å². The highest BCUT2D eigenvalue weighted by atomic mass is 16.3. The minimum absolute atomic E-state index is 0.0250. The van der Waals surface area contributed by atoms with Gasteiger partial charge in [-0.05, 0) is 29.4 Å². The summed E-state index contributed by atoms with van der Waals surface area (Å²) in [6.45, 7) is 1.97. The van der Waals surface area contributed by atoms with E-state index in [-0.39, 0.29) is 18.3 Å². The van der Waals surface area contributed by atoms with Gasteiger partial charge in [-0.25, -0.2) is 0 Å². The van der Waals surface area contributed by atoms with Crippen molar-refractivity contribution in [1.29, 1.82) is 0 Å². The van der Waals surface area contributed by atoms with Crippen LogP contribution >= 0.6 is 0 Å². The first-order valence-corrected chi connectivity index (χ1v) is 6.14. The lowest BCUT2D eigenvalue weighted by molar-refractivity contribution is 0.100. The summed E-state index contributed by atoms with van der Waals surface area (Å²) < 4.78 is 0. The predicted molar refractivity (Wildman–Crippen MR) is 71.4 cm³/mol. The first kappa shape index (κ1) is 12.9. The maximum Gasteiger partial charge on any atom is 0.123 e. The van der Waals surface area contributed by atoms with Gasteiger partial charge in [-0.3, -0.25) is 0 Å². The third-order valence-electron chi connectivity index (χ3n) is 3.38. The molecule has 96 valence electrons. The summed E-state index contributed by atoms with van der Waals surface area (Å²) in [4.78, 5) is 0. The van der Waals surface area contributed by atoms with Gasteiger partial charge in [0, 0.05) is 12.0 Å². The Balaban J connectivity index is 2.48. The van der Waals surface area contributed by atoms with E-state index in [4.69, 9.17) is 5.11 Å². The summed E-state index contributed by atoms with van der Waals surface area (Å²) in [5.74, 6) is 0.194. The number of aliphatic hydroxyl groups excluding tert-OH is 2. The Hall–Kier alpha value is -1.58. The number of aromatic hydroxyl groups is 1. The third-order valence-corrected chi connectivity index (χ3v) is 3.38. The molecule has 0 saturated carbocycles. The van der Waals surface area contributed by atoms with Gasteiger partial charge in [0.05, 0.1) is 6.10 Å². The number of benzene rings is 2.